The van der Waals surface area contributed by atoms with Crippen LogP contribution in [0.4, 0.5) is 0 Å². The largest absolute Gasteiger partial charge is 0.457 e. The monoisotopic (exact) mass is 931 g/mol. The SMILES string of the molecule is CCCCC/C=C\C/C=C\C/C=C\CCCCCCCCCOCC(COC1OC(CO)C(O)C(OS(=O)(=O)O)C1O)OC(=O)CCCCCCCCCCCCCCCCCCC. The van der Waals surface area contributed by atoms with Crippen molar-refractivity contribution in [3.05, 3.63) is 36.5 Å². The Morgan fingerprint density at radius 2 is 1.03 bits per heavy atom. The molecule has 1 aliphatic rings. The lowest BCUT2D eigenvalue weighted by atomic mass is 9.99. The van der Waals surface area contributed by atoms with Crippen molar-refractivity contribution in [1.29, 1.82) is 0 Å². The number of rotatable bonds is 45. The third-order valence-electron chi connectivity index (χ3n) is 11.8. The van der Waals surface area contributed by atoms with Gasteiger partial charge in [-0.1, -0.05) is 198 Å². The second-order valence-electron chi connectivity index (χ2n) is 17.8. The molecule has 64 heavy (non-hydrogen) atoms. The molecule has 4 N–H and O–H groups in total. The molecule has 1 rings (SSSR count). The second kappa shape index (κ2) is 42.7. The number of aliphatic hydroxyl groups excluding tert-OH is 3. The maximum Gasteiger partial charge on any atom is 0.397 e. The summed E-state index contributed by atoms with van der Waals surface area (Å²) in [5.41, 5.74) is 0. The van der Waals surface area contributed by atoms with Gasteiger partial charge >= 0.3 is 16.4 Å². The fraction of sp³-hybridized carbons (Fsp3) is 0.863. The molecule has 1 aliphatic heterocycles. The molecule has 0 aliphatic carbocycles. The van der Waals surface area contributed by atoms with E-state index in [0.29, 0.717) is 13.0 Å². The van der Waals surface area contributed by atoms with Crippen LogP contribution >= 0.6 is 0 Å². The zero-order valence-corrected chi connectivity index (χ0v) is 41.2. The highest BCUT2D eigenvalue weighted by atomic mass is 32.3. The molecule has 0 aromatic carbocycles. The first-order valence-corrected chi connectivity index (χ1v) is 27.1. The number of unbranched alkanes of at least 4 members (excludes halogenated alkanes) is 26. The van der Waals surface area contributed by atoms with Gasteiger partial charge < -0.3 is 34.3 Å². The summed E-state index contributed by atoms with van der Waals surface area (Å²) in [7, 11) is -5.06. The van der Waals surface area contributed by atoms with Gasteiger partial charge in [-0.05, 0) is 51.4 Å². The molecule has 6 unspecified atom stereocenters. The lowest BCUT2D eigenvalue weighted by Crippen LogP contribution is -2.60. The van der Waals surface area contributed by atoms with Crippen molar-refractivity contribution in [3.8, 4) is 0 Å². The normalized spacial score (nSPS) is 20.0. The van der Waals surface area contributed by atoms with Gasteiger partial charge in [0.05, 0.1) is 19.8 Å². The van der Waals surface area contributed by atoms with Crippen LogP contribution in [0.1, 0.15) is 219 Å². The highest BCUT2D eigenvalue weighted by Gasteiger charge is 2.48. The van der Waals surface area contributed by atoms with Crippen molar-refractivity contribution in [1.82, 2.24) is 0 Å². The molecule has 0 spiro atoms. The van der Waals surface area contributed by atoms with Crippen molar-refractivity contribution in [3.63, 3.8) is 0 Å². The minimum Gasteiger partial charge on any atom is -0.457 e. The van der Waals surface area contributed by atoms with Crippen molar-refractivity contribution < 1.29 is 56.2 Å². The first-order valence-electron chi connectivity index (χ1n) is 25.7. The van der Waals surface area contributed by atoms with E-state index in [9.17, 15) is 33.1 Å². The molecule has 6 atom stereocenters. The summed E-state index contributed by atoms with van der Waals surface area (Å²) in [6.07, 6.45) is 41.7. The number of allylic oxidation sites excluding steroid dienone is 6. The molecule has 1 saturated heterocycles. The molecular formula is C51H94O12S. The molecule has 0 aromatic rings. The number of carbonyl (C=O) groups excluding carboxylic acids is 1. The van der Waals surface area contributed by atoms with Crippen LogP contribution in [-0.4, -0.2) is 97.5 Å². The lowest BCUT2D eigenvalue weighted by Gasteiger charge is -2.41. The molecule has 12 nitrogen and oxygen atoms in total. The zero-order chi connectivity index (χ0) is 46.8. The van der Waals surface area contributed by atoms with E-state index >= 15 is 0 Å². The van der Waals surface area contributed by atoms with Crippen LogP contribution in [0.5, 0.6) is 0 Å². The standard InChI is InChI=1S/C51H94O12S/c1-3-5-7-9-11-13-15-17-19-21-22-23-25-27-29-31-33-35-37-39-41-59-43-45(44-60-51-49(55)50(63-64(56,57)58)48(54)46(42-52)62-51)61-47(53)40-38-36-34-32-30-28-26-24-20-18-16-14-12-10-8-6-4-2/h11,13,17,19,22-23,45-46,48-52,54-55H,3-10,12,14-16,18,20-21,24-44H2,1-2H3,(H,56,57,58)/b13-11-,19-17-,23-22-. The van der Waals surface area contributed by atoms with E-state index in [0.717, 1.165) is 57.8 Å². The molecule has 0 aromatic heterocycles. The minimum atomic E-state index is -5.06. The van der Waals surface area contributed by atoms with Crippen LogP contribution in [0.25, 0.3) is 0 Å². The maximum atomic E-state index is 12.9. The van der Waals surface area contributed by atoms with Crippen LogP contribution in [0.2, 0.25) is 0 Å². The molecule has 0 amide bonds. The molecular weight excluding hydrogens is 837 g/mol. The predicted octanol–water partition coefficient (Wildman–Crippen LogP) is 11.7. The topological polar surface area (TPSA) is 178 Å². The minimum absolute atomic E-state index is 0.0318. The number of hydrogen-bond donors (Lipinski definition) is 4. The van der Waals surface area contributed by atoms with Gasteiger partial charge in [0.15, 0.2) is 6.29 Å². The van der Waals surface area contributed by atoms with E-state index in [1.807, 2.05) is 0 Å². The molecule has 13 heteroatoms. The van der Waals surface area contributed by atoms with E-state index in [1.165, 1.54) is 135 Å². The number of aliphatic hydroxyl groups is 3. The summed E-state index contributed by atoms with van der Waals surface area (Å²) >= 11 is 0. The fourth-order valence-electron chi connectivity index (χ4n) is 7.86. The van der Waals surface area contributed by atoms with Crippen LogP contribution in [0.3, 0.4) is 0 Å². The lowest BCUT2D eigenvalue weighted by molar-refractivity contribution is -0.301. The summed E-state index contributed by atoms with van der Waals surface area (Å²) in [5, 5.41) is 30.7. The van der Waals surface area contributed by atoms with E-state index in [2.05, 4.69) is 54.5 Å². The summed E-state index contributed by atoms with van der Waals surface area (Å²) in [5.74, 6) is -0.400. The van der Waals surface area contributed by atoms with Crippen molar-refractivity contribution in [2.75, 3.05) is 26.4 Å². The number of esters is 1. The first-order chi connectivity index (χ1) is 31.1. The van der Waals surface area contributed by atoms with E-state index in [-0.39, 0.29) is 19.6 Å². The average Bonchev–Trinajstić information content (AvgIpc) is 3.27. The van der Waals surface area contributed by atoms with Crippen LogP contribution < -0.4 is 0 Å². The van der Waals surface area contributed by atoms with Gasteiger partial charge in [-0.25, -0.2) is 4.18 Å². The smallest absolute Gasteiger partial charge is 0.397 e. The summed E-state index contributed by atoms with van der Waals surface area (Å²) < 4.78 is 59.2. The van der Waals surface area contributed by atoms with E-state index in [1.54, 1.807) is 0 Å². The Hall–Kier alpha value is -1.68. The Balaban J connectivity index is 2.37. The average molecular weight is 931 g/mol. The van der Waals surface area contributed by atoms with Gasteiger partial charge in [0.1, 0.15) is 30.5 Å². The van der Waals surface area contributed by atoms with Gasteiger partial charge in [-0.3, -0.25) is 9.35 Å². The Labute approximate surface area is 390 Å². The highest BCUT2D eigenvalue weighted by Crippen LogP contribution is 2.26. The predicted molar refractivity (Wildman–Crippen MR) is 257 cm³/mol. The Morgan fingerprint density at radius 1 is 0.594 bits per heavy atom. The zero-order valence-electron chi connectivity index (χ0n) is 40.3. The summed E-state index contributed by atoms with van der Waals surface area (Å²) in [6.45, 7) is 3.97. The Bertz CT molecular complexity index is 1260. The van der Waals surface area contributed by atoms with E-state index < -0.39 is 59.8 Å². The molecule has 376 valence electrons. The Kier molecular flexibility index (Phi) is 40.2. The third kappa shape index (κ3) is 35.5. The highest BCUT2D eigenvalue weighted by molar-refractivity contribution is 7.80. The summed E-state index contributed by atoms with van der Waals surface area (Å²) in [4.78, 5) is 12.9. The van der Waals surface area contributed by atoms with Crippen molar-refractivity contribution >= 4 is 16.4 Å². The van der Waals surface area contributed by atoms with Gasteiger partial charge in [0, 0.05) is 13.0 Å². The maximum absolute atomic E-state index is 12.9. The fourth-order valence-corrected chi connectivity index (χ4v) is 8.37. The van der Waals surface area contributed by atoms with Gasteiger partial charge in [-0.2, -0.15) is 8.42 Å². The Morgan fingerprint density at radius 3 is 1.53 bits per heavy atom. The molecule has 0 radical (unpaired) electrons. The molecule has 1 fully saturated rings. The number of hydrogen-bond acceptors (Lipinski definition) is 11. The molecule has 1 heterocycles. The first kappa shape index (κ1) is 60.3. The van der Waals surface area contributed by atoms with Crippen LogP contribution in [0, 0.1) is 0 Å². The summed E-state index contributed by atoms with van der Waals surface area (Å²) in [6, 6.07) is 0. The third-order valence-corrected chi connectivity index (χ3v) is 12.2. The van der Waals surface area contributed by atoms with Gasteiger partial charge in [0.25, 0.3) is 0 Å². The van der Waals surface area contributed by atoms with Crippen molar-refractivity contribution in [2.45, 2.75) is 256 Å². The number of ether oxygens (including phenoxy) is 4. The number of carbonyl (C=O) groups is 1. The van der Waals surface area contributed by atoms with Gasteiger partial charge in [0.2, 0.25) is 0 Å². The van der Waals surface area contributed by atoms with E-state index in [4.69, 9.17) is 18.9 Å². The van der Waals surface area contributed by atoms with Crippen LogP contribution in [0.15, 0.2) is 36.5 Å². The quantitative estimate of drug-likeness (QED) is 0.0197. The van der Waals surface area contributed by atoms with Crippen LogP contribution in [-0.2, 0) is 38.3 Å². The molecule has 0 saturated carbocycles. The molecule has 0 bridgehead atoms. The second-order valence-corrected chi connectivity index (χ2v) is 18.8. The van der Waals surface area contributed by atoms with Crippen molar-refractivity contribution in [2.24, 2.45) is 0 Å². The van der Waals surface area contributed by atoms with Gasteiger partial charge in [-0.15, -0.1) is 0 Å².